The lowest BCUT2D eigenvalue weighted by atomic mass is 9.99. The van der Waals surface area contributed by atoms with Crippen LogP contribution in [0.1, 0.15) is 44.6 Å². The molecule has 0 atom stereocenters. The summed E-state index contributed by atoms with van der Waals surface area (Å²) in [5.74, 6) is 0.137. The molecule has 0 fully saturated rings. The van der Waals surface area contributed by atoms with Gasteiger partial charge in [0.1, 0.15) is 10.6 Å². The Kier molecular flexibility index (Phi) is 8.87. The Morgan fingerprint density at radius 1 is 0.821 bits per heavy atom. The van der Waals surface area contributed by atoms with Crippen LogP contribution in [-0.4, -0.2) is 28.0 Å². The van der Waals surface area contributed by atoms with E-state index in [1.807, 2.05) is 81.4 Å². The Morgan fingerprint density at radius 2 is 1.51 bits per heavy atom. The summed E-state index contributed by atoms with van der Waals surface area (Å²) in [5, 5.41) is 2.96. The molecule has 0 saturated heterocycles. The lowest BCUT2D eigenvalue weighted by molar-refractivity contribution is 0.0953. The van der Waals surface area contributed by atoms with Gasteiger partial charge in [0.2, 0.25) is 0 Å². The third-order valence-electron chi connectivity index (χ3n) is 6.73. The van der Waals surface area contributed by atoms with Crippen LogP contribution in [0.5, 0.6) is 5.75 Å². The van der Waals surface area contributed by atoms with E-state index in [1.54, 1.807) is 18.2 Å². The fraction of sp³-hybridized carbons (Fsp3) is 0.242. The second kappa shape index (κ2) is 12.3. The third kappa shape index (κ3) is 7.15. The summed E-state index contributed by atoms with van der Waals surface area (Å²) in [5.41, 5.74) is 7.36. The molecule has 0 aromatic heterocycles. The van der Waals surface area contributed by atoms with Crippen LogP contribution in [0, 0.1) is 20.8 Å². The predicted octanol–water partition coefficient (Wildman–Crippen LogP) is 6.62. The average Bonchev–Trinajstić information content (AvgIpc) is 2.90. The molecule has 1 N–H and O–H groups in total. The minimum atomic E-state index is -3.68. The number of hydrogen-bond donors (Lipinski definition) is 1. The van der Waals surface area contributed by atoms with Crippen molar-refractivity contribution < 1.29 is 17.9 Å². The maximum Gasteiger partial charge on any atom is 0.251 e. The molecule has 0 radical (unpaired) electrons. The molecule has 0 bridgehead atoms. The summed E-state index contributed by atoms with van der Waals surface area (Å²) in [6, 6.07) is 26.7. The van der Waals surface area contributed by atoms with Gasteiger partial charge in [-0.2, -0.15) is 0 Å². The normalized spacial score (nSPS) is 11.3. The van der Waals surface area contributed by atoms with Gasteiger partial charge in [0, 0.05) is 12.1 Å². The van der Waals surface area contributed by atoms with Gasteiger partial charge in [-0.15, -0.1) is 0 Å². The van der Waals surface area contributed by atoms with Crippen molar-refractivity contribution in [2.75, 3.05) is 13.7 Å². The van der Waals surface area contributed by atoms with Crippen molar-refractivity contribution in [3.63, 3.8) is 0 Å². The topological polar surface area (TPSA) is 72.5 Å². The van der Waals surface area contributed by atoms with Crippen molar-refractivity contribution in [2.45, 2.75) is 44.3 Å². The molecule has 39 heavy (non-hydrogen) atoms. The van der Waals surface area contributed by atoms with E-state index in [-0.39, 0.29) is 16.6 Å². The Balaban J connectivity index is 1.46. The lowest BCUT2D eigenvalue weighted by Crippen LogP contribution is -2.24. The Labute approximate surface area is 231 Å². The smallest absolute Gasteiger partial charge is 0.251 e. The molecule has 202 valence electrons. The second-order valence-electron chi connectivity index (χ2n) is 10.00. The summed E-state index contributed by atoms with van der Waals surface area (Å²) in [4.78, 5) is 12.6. The average molecular weight is 542 g/mol. The van der Waals surface area contributed by atoms with Crippen molar-refractivity contribution in [3.05, 3.63) is 118 Å². The molecule has 6 heteroatoms. The Bertz CT molecular complexity index is 1590. The molecule has 4 aromatic carbocycles. The lowest BCUT2D eigenvalue weighted by Gasteiger charge is -2.15. The number of rotatable bonds is 10. The Morgan fingerprint density at radius 3 is 2.23 bits per heavy atom. The quantitative estimate of drug-likeness (QED) is 0.229. The van der Waals surface area contributed by atoms with Gasteiger partial charge in [-0.25, -0.2) is 8.42 Å². The highest BCUT2D eigenvalue weighted by atomic mass is 32.2. The van der Waals surface area contributed by atoms with E-state index in [2.05, 4.69) is 11.4 Å². The molecule has 5 nitrogen and oxygen atoms in total. The maximum absolute atomic E-state index is 13.6. The highest BCUT2D eigenvalue weighted by Crippen LogP contribution is 2.35. The molecule has 0 unspecified atom stereocenters. The van der Waals surface area contributed by atoms with Crippen LogP contribution in [0.25, 0.3) is 11.1 Å². The van der Waals surface area contributed by atoms with Gasteiger partial charge in [0.25, 0.3) is 5.91 Å². The molecule has 1 amide bonds. The molecular weight excluding hydrogens is 506 g/mol. The number of aryl methyl sites for hydroxylation is 4. The van der Waals surface area contributed by atoms with Crippen LogP contribution in [0.2, 0.25) is 0 Å². The Hall–Kier alpha value is -3.90. The number of ether oxygens (including phenoxy) is 1. The van der Waals surface area contributed by atoms with E-state index in [1.165, 1.54) is 7.11 Å². The summed E-state index contributed by atoms with van der Waals surface area (Å²) in [7, 11) is -2.18. The van der Waals surface area contributed by atoms with E-state index in [9.17, 15) is 13.2 Å². The molecule has 0 heterocycles. The summed E-state index contributed by atoms with van der Waals surface area (Å²) in [6.45, 7) is 6.48. The first kappa shape index (κ1) is 28.1. The van der Waals surface area contributed by atoms with Gasteiger partial charge < -0.3 is 10.1 Å². The van der Waals surface area contributed by atoms with Gasteiger partial charge in [0.15, 0.2) is 9.84 Å². The highest BCUT2D eigenvalue weighted by Gasteiger charge is 2.23. The largest absolute Gasteiger partial charge is 0.495 e. The van der Waals surface area contributed by atoms with E-state index >= 15 is 0 Å². The fourth-order valence-corrected chi connectivity index (χ4v) is 6.26. The van der Waals surface area contributed by atoms with Crippen LogP contribution in [0.4, 0.5) is 0 Å². The SMILES string of the molecule is COc1cc(C)c(-c2cccc(C)c2)cc1S(=O)(=O)Cc1cccc(CCCNC(=O)c2cccc(C)c2)c1. The molecule has 0 spiro atoms. The standard InChI is InChI=1S/C33H35NO4S/c1-23-9-5-14-28(17-23)30-21-32(31(38-4)19-25(30)3)39(36,37)22-27-12-7-11-26(20-27)13-8-16-34-33(35)29-15-6-10-24(2)18-29/h5-7,9-12,14-15,17-21H,8,13,16,22H2,1-4H3,(H,34,35). The monoisotopic (exact) mass is 541 g/mol. The molecule has 4 aromatic rings. The number of carbonyl (C=O) groups is 1. The fourth-order valence-electron chi connectivity index (χ4n) is 4.74. The number of amides is 1. The van der Waals surface area contributed by atoms with Gasteiger partial charge in [-0.1, -0.05) is 71.8 Å². The van der Waals surface area contributed by atoms with Crippen LogP contribution in [0.3, 0.4) is 0 Å². The predicted molar refractivity (Wildman–Crippen MR) is 157 cm³/mol. The van der Waals surface area contributed by atoms with E-state index in [4.69, 9.17) is 4.74 Å². The summed E-state index contributed by atoms with van der Waals surface area (Å²) in [6.07, 6.45) is 1.48. The van der Waals surface area contributed by atoms with Gasteiger partial charge in [0.05, 0.1) is 12.9 Å². The first-order valence-corrected chi connectivity index (χ1v) is 14.7. The molecule has 0 aliphatic rings. The summed E-state index contributed by atoms with van der Waals surface area (Å²) < 4.78 is 32.7. The number of benzene rings is 4. The van der Waals surface area contributed by atoms with Crippen LogP contribution >= 0.6 is 0 Å². The minimum absolute atomic E-state index is 0.0874. The summed E-state index contributed by atoms with van der Waals surface area (Å²) >= 11 is 0. The van der Waals surface area contributed by atoms with E-state index < -0.39 is 9.84 Å². The zero-order valence-corrected chi connectivity index (χ0v) is 23.8. The first-order valence-electron chi connectivity index (χ1n) is 13.1. The minimum Gasteiger partial charge on any atom is -0.495 e. The van der Waals surface area contributed by atoms with Crippen molar-refractivity contribution in [3.8, 4) is 16.9 Å². The van der Waals surface area contributed by atoms with Crippen LogP contribution < -0.4 is 10.1 Å². The third-order valence-corrected chi connectivity index (χ3v) is 8.43. The van der Waals surface area contributed by atoms with Gasteiger partial charge in [-0.3, -0.25) is 4.79 Å². The molecule has 0 aliphatic carbocycles. The number of hydrogen-bond acceptors (Lipinski definition) is 4. The van der Waals surface area contributed by atoms with Gasteiger partial charge >= 0.3 is 0 Å². The van der Waals surface area contributed by atoms with E-state index in [0.717, 1.165) is 51.8 Å². The number of carbonyl (C=O) groups excluding carboxylic acids is 1. The maximum atomic E-state index is 13.6. The number of sulfone groups is 1. The van der Waals surface area contributed by atoms with Crippen molar-refractivity contribution in [1.29, 1.82) is 0 Å². The molecular formula is C33H35NO4S. The molecule has 4 rings (SSSR count). The zero-order valence-electron chi connectivity index (χ0n) is 23.0. The van der Waals surface area contributed by atoms with E-state index in [0.29, 0.717) is 17.9 Å². The molecule has 0 saturated carbocycles. The highest BCUT2D eigenvalue weighted by molar-refractivity contribution is 7.90. The van der Waals surface area contributed by atoms with Gasteiger partial charge in [-0.05, 0) is 85.7 Å². The van der Waals surface area contributed by atoms with Crippen molar-refractivity contribution >= 4 is 15.7 Å². The zero-order chi connectivity index (χ0) is 28.0. The number of methoxy groups -OCH3 is 1. The second-order valence-corrected chi connectivity index (χ2v) is 12.0. The molecule has 0 aliphatic heterocycles. The first-order chi connectivity index (χ1) is 18.7. The van der Waals surface area contributed by atoms with Crippen molar-refractivity contribution in [1.82, 2.24) is 5.32 Å². The van der Waals surface area contributed by atoms with Crippen LogP contribution in [-0.2, 0) is 22.0 Å². The van der Waals surface area contributed by atoms with Crippen molar-refractivity contribution in [2.24, 2.45) is 0 Å². The van der Waals surface area contributed by atoms with Crippen LogP contribution in [0.15, 0.2) is 89.8 Å². The number of nitrogens with one attached hydrogen (secondary N) is 1.